The van der Waals surface area contributed by atoms with E-state index >= 15 is 0 Å². The summed E-state index contributed by atoms with van der Waals surface area (Å²) in [5, 5.41) is 2.96. The number of quaternary nitrogens is 1. The minimum Gasteiger partial charge on any atom is -0.352 e. The summed E-state index contributed by atoms with van der Waals surface area (Å²) in [5.74, 6) is -0.0842. The highest BCUT2D eigenvalue weighted by atomic mass is 16.1. The van der Waals surface area contributed by atoms with Crippen LogP contribution in [0.2, 0.25) is 0 Å². The molecule has 0 spiro atoms. The van der Waals surface area contributed by atoms with Crippen molar-refractivity contribution in [3.63, 3.8) is 0 Å². The third-order valence-corrected chi connectivity index (χ3v) is 7.02. The van der Waals surface area contributed by atoms with Gasteiger partial charge < -0.3 is 9.80 Å². The predicted octanol–water partition coefficient (Wildman–Crippen LogP) is 7.98. The second kappa shape index (κ2) is 18.8. The lowest BCUT2D eigenvalue weighted by Crippen LogP contribution is -2.45. The Balaban J connectivity index is 2.22. The maximum Gasteiger partial charge on any atom is 0.243 e. The molecule has 0 aromatic heterocycles. The van der Waals surface area contributed by atoms with Crippen LogP contribution in [0.4, 0.5) is 0 Å². The van der Waals surface area contributed by atoms with Crippen LogP contribution in [0.1, 0.15) is 115 Å². The molecule has 0 aliphatic rings. The molecule has 1 N–H and O–H groups in total. The Hall–Kier alpha value is -1.61. The van der Waals surface area contributed by atoms with E-state index in [2.05, 4.69) is 63.2 Å². The van der Waals surface area contributed by atoms with Crippen molar-refractivity contribution >= 4 is 5.91 Å². The van der Waals surface area contributed by atoms with Gasteiger partial charge in [0.15, 0.2) is 0 Å². The van der Waals surface area contributed by atoms with Crippen LogP contribution >= 0.6 is 0 Å². The van der Waals surface area contributed by atoms with Crippen molar-refractivity contribution in [1.29, 1.82) is 0 Å². The standard InChI is InChI=1S/C30H52N2O/c1-5-7-8-9-10-11-12-13-14-15-16-17-18-22-27-32(3,4)29(25-26-31-30(33)6-2)28-23-20-19-21-24-28/h6,19-21,23-24,29H,2,5,7-18,22,25-27H2,1,3-4H3/p+1. The molecular weight excluding hydrogens is 404 g/mol. The molecule has 1 atom stereocenters. The van der Waals surface area contributed by atoms with Crippen molar-refractivity contribution in [2.45, 2.75) is 109 Å². The number of hydrogen-bond donors (Lipinski definition) is 1. The number of unbranched alkanes of at least 4 members (excludes halogenated alkanes) is 13. The van der Waals surface area contributed by atoms with Crippen LogP contribution in [-0.4, -0.2) is 37.6 Å². The molecule has 1 unspecified atom stereocenters. The molecule has 33 heavy (non-hydrogen) atoms. The van der Waals surface area contributed by atoms with E-state index in [4.69, 9.17) is 0 Å². The van der Waals surface area contributed by atoms with Gasteiger partial charge in [0.05, 0.1) is 20.6 Å². The molecule has 0 radical (unpaired) electrons. The van der Waals surface area contributed by atoms with E-state index in [1.807, 2.05) is 0 Å². The van der Waals surface area contributed by atoms with Crippen LogP contribution in [0, 0.1) is 0 Å². The smallest absolute Gasteiger partial charge is 0.243 e. The Morgan fingerprint density at radius 3 is 1.82 bits per heavy atom. The number of benzene rings is 1. The zero-order valence-electron chi connectivity index (χ0n) is 22.1. The second-order valence-electron chi connectivity index (χ2n) is 10.3. The van der Waals surface area contributed by atoms with Crippen molar-refractivity contribution in [1.82, 2.24) is 5.32 Å². The van der Waals surface area contributed by atoms with Crippen molar-refractivity contribution in [3.05, 3.63) is 48.6 Å². The summed E-state index contributed by atoms with van der Waals surface area (Å²) < 4.78 is 0.965. The number of hydrogen-bond acceptors (Lipinski definition) is 1. The second-order valence-corrected chi connectivity index (χ2v) is 10.3. The molecule has 0 saturated carbocycles. The molecule has 1 rings (SSSR count). The Morgan fingerprint density at radius 1 is 0.848 bits per heavy atom. The first-order valence-electron chi connectivity index (χ1n) is 13.8. The van der Waals surface area contributed by atoms with E-state index in [9.17, 15) is 4.79 Å². The van der Waals surface area contributed by atoms with Crippen LogP contribution in [0.5, 0.6) is 0 Å². The normalized spacial score (nSPS) is 12.5. The van der Waals surface area contributed by atoms with Crippen LogP contribution in [0.25, 0.3) is 0 Å². The highest BCUT2D eigenvalue weighted by Crippen LogP contribution is 2.29. The van der Waals surface area contributed by atoms with Gasteiger partial charge in [0.2, 0.25) is 5.91 Å². The fourth-order valence-corrected chi connectivity index (χ4v) is 4.87. The SMILES string of the molecule is C=CC(=O)NCCC(c1ccccc1)[N+](C)(C)CCCCCCCCCCCCCCCC. The van der Waals surface area contributed by atoms with Gasteiger partial charge in [-0.2, -0.15) is 0 Å². The van der Waals surface area contributed by atoms with Crippen molar-refractivity contribution in [3.8, 4) is 0 Å². The molecule has 188 valence electrons. The van der Waals surface area contributed by atoms with Crippen LogP contribution in [0.3, 0.4) is 0 Å². The number of amides is 1. The van der Waals surface area contributed by atoms with Gasteiger partial charge in [0.1, 0.15) is 6.04 Å². The number of nitrogens with one attached hydrogen (secondary N) is 1. The highest BCUT2D eigenvalue weighted by Gasteiger charge is 2.29. The predicted molar refractivity (Wildman–Crippen MR) is 144 cm³/mol. The lowest BCUT2D eigenvalue weighted by atomic mass is 9.99. The average Bonchev–Trinajstić information content (AvgIpc) is 2.82. The third kappa shape index (κ3) is 14.3. The van der Waals surface area contributed by atoms with Gasteiger partial charge in [-0.05, 0) is 18.9 Å². The molecular formula is C30H53N2O+. The molecule has 0 heterocycles. The van der Waals surface area contributed by atoms with Gasteiger partial charge in [-0.15, -0.1) is 0 Å². The molecule has 1 amide bonds. The van der Waals surface area contributed by atoms with Gasteiger partial charge in [-0.1, -0.05) is 121 Å². The largest absolute Gasteiger partial charge is 0.352 e. The van der Waals surface area contributed by atoms with E-state index in [0.29, 0.717) is 12.6 Å². The quantitative estimate of drug-likeness (QED) is 0.113. The number of carbonyl (C=O) groups excluding carboxylic acids is 1. The van der Waals surface area contributed by atoms with Crippen molar-refractivity contribution < 1.29 is 9.28 Å². The first kappa shape index (κ1) is 29.4. The van der Waals surface area contributed by atoms with E-state index in [1.54, 1.807) is 0 Å². The van der Waals surface area contributed by atoms with Gasteiger partial charge in [-0.25, -0.2) is 0 Å². The fourth-order valence-electron chi connectivity index (χ4n) is 4.87. The molecule has 3 heteroatoms. The summed E-state index contributed by atoms with van der Waals surface area (Å²) in [7, 11) is 4.69. The van der Waals surface area contributed by atoms with E-state index in [1.165, 1.54) is 108 Å². The maximum atomic E-state index is 11.6. The van der Waals surface area contributed by atoms with E-state index in [0.717, 1.165) is 10.9 Å². The number of rotatable bonds is 21. The summed E-state index contributed by atoms with van der Waals surface area (Å²) >= 11 is 0. The minimum absolute atomic E-state index is 0.0842. The van der Waals surface area contributed by atoms with Gasteiger partial charge in [0, 0.05) is 18.5 Å². The zero-order valence-corrected chi connectivity index (χ0v) is 22.1. The Morgan fingerprint density at radius 2 is 1.33 bits per heavy atom. The first-order valence-corrected chi connectivity index (χ1v) is 13.8. The van der Waals surface area contributed by atoms with E-state index < -0.39 is 0 Å². The van der Waals surface area contributed by atoms with Crippen LogP contribution in [0.15, 0.2) is 43.0 Å². The van der Waals surface area contributed by atoms with Crippen LogP contribution in [-0.2, 0) is 4.79 Å². The average molecular weight is 458 g/mol. The lowest BCUT2D eigenvalue weighted by molar-refractivity contribution is -0.921. The summed E-state index contributed by atoms with van der Waals surface area (Å²) in [6.07, 6.45) is 21.9. The molecule has 0 fully saturated rings. The highest BCUT2D eigenvalue weighted by molar-refractivity contribution is 5.86. The lowest BCUT2D eigenvalue weighted by Gasteiger charge is -2.39. The first-order chi connectivity index (χ1) is 16.0. The molecule has 0 aliphatic carbocycles. The Kier molecular flexibility index (Phi) is 16.7. The maximum absolute atomic E-state index is 11.6. The fraction of sp³-hybridized carbons (Fsp3) is 0.700. The minimum atomic E-state index is -0.0842. The molecule has 1 aromatic rings. The molecule has 1 aromatic carbocycles. The Labute approximate surface area is 205 Å². The van der Waals surface area contributed by atoms with E-state index in [-0.39, 0.29) is 5.91 Å². The number of carbonyl (C=O) groups is 1. The zero-order chi connectivity index (χ0) is 24.2. The summed E-state index contributed by atoms with van der Waals surface area (Å²) in [4.78, 5) is 11.6. The molecule has 0 aliphatic heterocycles. The topological polar surface area (TPSA) is 29.1 Å². The number of nitrogens with zero attached hydrogens (tertiary/aromatic N) is 1. The monoisotopic (exact) mass is 457 g/mol. The molecule has 0 bridgehead atoms. The van der Waals surface area contributed by atoms with Crippen LogP contribution < -0.4 is 5.32 Å². The van der Waals surface area contributed by atoms with Crippen molar-refractivity contribution in [2.24, 2.45) is 0 Å². The summed E-state index contributed by atoms with van der Waals surface area (Å²) in [6.45, 7) is 7.70. The Bertz CT molecular complexity index is 611. The van der Waals surface area contributed by atoms with Gasteiger partial charge in [0.25, 0.3) is 0 Å². The van der Waals surface area contributed by atoms with Gasteiger partial charge in [-0.3, -0.25) is 4.79 Å². The third-order valence-electron chi connectivity index (χ3n) is 7.02. The molecule has 3 nitrogen and oxygen atoms in total. The van der Waals surface area contributed by atoms with Crippen molar-refractivity contribution in [2.75, 3.05) is 27.2 Å². The summed E-state index contributed by atoms with van der Waals surface area (Å²) in [6, 6.07) is 11.2. The molecule has 0 saturated heterocycles. The van der Waals surface area contributed by atoms with Gasteiger partial charge >= 0.3 is 0 Å². The summed E-state index contributed by atoms with van der Waals surface area (Å²) in [5.41, 5.74) is 1.36.